The number of hydrogen-bond donors (Lipinski definition) is 8. The maximum absolute atomic E-state index is 13.5. The van der Waals surface area contributed by atoms with Crippen LogP contribution in [0.1, 0.15) is 96.6 Å². The predicted octanol–water partition coefficient (Wildman–Crippen LogP) is 3.99. The van der Waals surface area contributed by atoms with E-state index in [9.17, 15) is 38.4 Å². The first kappa shape index (κ1) is 56.2. The number of aromatic nitrogens is 7. The van der Waals surface area contributed by atoms with Gasteiger partial charge in [-0.2, -0.15) is 0 Å². The van der Waals surface area contributed by atoms with Gasteiger partial charge in [0.05, 0.1) is 34.1 Å². The molecule has 0 saturated heterocycles. The largest absolute Gasteiger partial charge is 0.351 e. The highest BCUT2D eigenvalue weighted by molar-refractivity contribution is 6.11. The average molecular weight is 1070 g/mol. The Hall–Kier alpha value is -9.49. The zero-order valence-corrected chi connectivity index (χ0v) is 45.2. The third-order valence-corrected chi connectivity index (χ3v) is 12.4. The van der Waals surface area contributed by atoms with E-state index in [1.165, 1.54) is 57.9 Å². The van der Waals surface area contributed by atoms with E-state index in [0.29, 0.717) is 47.2 Å². The minimum Gasteiger partial charge on any atom is -0.351 e. The summed E-state index contributed by atoms with van der Waals surface area (Å²) in [6.45, 7) is 2.68. The highest BCUT2D eigenvalue weighted by Gasteiger charge is 2.23. The summed E-state index contributed by atoms with van der Waals surface area (Å²) in [7, 11) is 17.8. The summed E-state index contributed by atoms with van der Waals surface area (Å²) < 4.78 is 9.39. The molecule has 25 nitrogen and oxygen atoms in total. The van der Waals surface area contributed by atoms with Crippen molar-refractivity contribution in [2.24, 2.45) is 42.3 Å². The molecule has 0 aliphatic heterocycles. The van der Waals surface area contributed by atoms with Crippen molar-refractivity contribution in [2.45, 2.75) is 12.8 Å². The third-order valence-electron chi connectivity index (χ3n) is 12.4. The third kappa shape index (κ3) is 14.1. The second-order valence-electron chi connectivity index (χ2n) is 19.3. The molecule has 25 heteroatoms. The number of aryl methyl sites for hydroxylation is 6. The second-order valence-corrected chi connectivity index (χ2v) is 19.3. The summed E-state index contributed by atoms with van der Waals surface area (Å²) in [5.74, 6) is -3.74. The van der Waals surface area contributed by atoms with Crippen LogP contribution in [0.5, 0.6) is 0 Å². The van der Waals surface area contributed by atoms with E-state index in [1.54, 1.807) is 104 Å². The number of anilines is 6. The number of carbonyl (C=O) groups excluding carboxylic acids is 8. The molecule has 78 heavy (non-hydrogen) atoms. The zero-order valence-electron chi connectivity index (χ0n) is 45.2. The van der Waals surface area contributed by atoms with Crippen molar-refractivity contribution in [3.8, 4) is 0 Å². The van der Waals surface area contributed by atoms with Gasteiger partial charge in [-0.3, -0.25) is 43.3 Å². The maximum atomic E-state index is 13.5. The van der Waals surface area contributed by atoms with E-state index in [0.717, 1.165) is 25.9 Å². The molecule has 0 spiro atoms. The maximum Gasteiger partial charge on any atom is 0.274 e. The zero-order chi connectivity index (χ0) is 56.5. The monoisotopic (exact) mass is 1070 g/mol. The minimum absolute atomic E-state index is 0.0928. The van der Waals surface area contributed by atoms with Gasteiger partial charge in [0.1, 0.15) is 39.9 Å². The first-order valence-electron chi connectivity index (χ1n) is 24.7. The van der Waals surface area contributed by atoms with Gasteiger partial charge in [-0.05, 0) is 103 Å². The van der Waals surface area contributed by atoms with Gasteiger partial charge in [-0.25, -0.2) is 0 Å². The molecule has 8 N–H and O–H groups in total. The molecular weight excluding hydrogens is 1000 g/mol. The Labute approximate surface area is 449 Å². The molecule has 8 amide bonds. The lowest BCUT2D eigenvalue weighted by molar-refractivity contribution is 0.0936. The Morgan fingerprint density at radius 2 is 0.654 bits per heavy atom. The number of pyridine rings is 1. The van der Waals surface area contributed by atoms with Crippen LogP contribution in [0.15, 0.2) is 91.9 Å². The van der Waals surface area contributed by atoms with E-state index in [1.807, 2.05) is 38.0 Å². The molecule has 0 unspecified atom stereocenters. The van der Waals surface area contributed by atoms with Gasteiger partial charge in [0.15, 0.2) is 0 Å². The molecule has 7 rings (SSSR count). The highest BCUT2D eigenvalue weighted by Crippen LogP contribution is 2.23. The van der Waals surface area contributed by atoms with Crippen LogP contribution in [0.25, 0.3) is 0 Å². The van der Waals surface area contributed by atoms with Crippen molar-refractivity contribution in [3.05, 3.63) is 137 Å². The molecule has 0 aliphatic carbocycles. The van der Waals surface area contributed by atoms with E-state index in [2.05, 4.69) is 47.5 Å². The normalized spacial score (nSPS) is 11.1. The summed E-state index contributed by atoms with van der Waals surface area (Å²) in [4.78, 5) is 114. The Morgan fingerprint density at radius 1 is 0.385 bits per heavy atom. The molecule has 0 bridgehead atoms. The van der Waals surface area contributed by atoms with Gasteiger partial charge in [-0.1, -0.05) is 0 Å². The molecule has 0 radical (unpaired) electrons. The number of hydrogen-bond acceptors (Lipinski definition) is 11. The van der Waals surface area contributed by atoms with Crippen LogP contribution in [-0.2, 0) is 42.3 Å². The van der Waals surface area contributed by atoms with Crippen LogP contribution in [-0.4, -0.2) is 144 Å². The Morgan fingerprint density at radius 3 is 0.949 bits per heavy atom. The Kier molecular flexibility index (Phi) is 17.6. The van der Waals surface area contributed by atoms with E-state index in [4.69, 9.17) is 0 Å². The van der Waals surface area contributed by atoms with Gasteiger partial charge in [0.2, 0.25) is 0 Å². The fraction of sp³-hybridized carbons (Fsp3) is 0.302. The Balaban J connectivity index is 0.902. The standard InChI is InChI=1S/C53H65N17O8/c1-63(2)17-11-14-55-48(73)40-20-35(28-65(40)5)59-52(77)44-24-37(30-69(44)9)61-50(75)42-22-33(26-67(42)7)57-46(71)32-13-16-54-39(19-32)47(72)58-34-23-43(68(8)27-34)51(76)62-38-25-45(70(10)31-38)53(78)60-36-21-41(66(6)29-36)49(74)56-15-12-18-64(3)4/h13,16,19-31H,11-12,14-15,17-18H2,1-10H3,(H,55,73)(H,56,74)(H,57,71)(H,58,72)(H,59,77)(H,60,78)(H,61,75)(H,62,76). The summed E-state index contributed by atoms with van der Waals surface area (Å²) in [5.41, 5.74) is 3.67. The summed E-state index contributed by atoms with van der Waals surface area (Å²) in [6, 6.07) is 11.9. The van der Waals surface area contributed by atoms with Gasteiger partial charge >= 0.3 is 0 Å². The summed E-state index contributed by atoms with van der Waals surface area (Å²) >= 11 is 0. The SMILES string of the molecule is CN(C)CCCNC(=O)c1cc(NC(=O)c2cc(NC(=O)c3cc(NC(=O)c4ccnc(C(=O)Nc5cc(C(=O)Nc6cc(C(=O)Nc7cc(C(=O)NCCCN(C)C)n(C)c7)n(C)c6)n(C)c5)c4)cn3C)cn2C)cn1C. The number of nitrogens with zero attached hydrogens (tertiary/aromatic N) is 9. The van der Waals surface area contributed by atoms with Crippen molar-refractivity contribution in [3.63, 3.8) is 0 Å². The smallest absolute Gasteiger partial charge is 0.274 e. The number of rotatable bonds is 22. The molecule has 7 aromatic heterocycles. The van der Waals surface area contributed by atoms with Gasteiger partial charge in [0, 0.05) is 104 Å². The first-order valence-corrected chi connectivity index (χ1v) is 24.7. The lowest BCUT2D eigenvalue weighted by Gasteiger charge is -2.10. The van der Waals surface area contributed by atoms with E-state index >= 15 is 0 Å². The van der Waals surface area contributed by atoms with Gasteiger partial charge in [0.25, 0.3) is 47.3 Å². The van der Waals surface area contributed by atoms with Crippen LogP contribution in [0.2, 0.25) is 0 Å². The summed E-state index contributed by atoms with van der Waals surface area (Å²) in [6.07, 6.45) is 12.4. The highest BCUT2D eigenvalue weighted by atomic mass is 16.2. The second kappa shape index (κ2) is 24.5. The van der Waals surface area contributed by atoms with Crippen LogP contribution in [0.3, 0.4) is 0 Å². The number of amides is 8. The van der Waals surface area contributed by atoms with Crippen molar-refractivity contribution in [1.29, 1.82) is 0 Å². The van der Waals surface area contributed by atoms with Crippen LogP contribution in [0.4, 0.5) is 34.1 Å². The van der Waals surface area contributed by atoms with E-state index < -0.39 is 35.4 Å². The molecule has 7 aromatic rings. The molecule has 7 heterocycles. The number of carbonyl (C=O) groups is 8. The Bertz CT molecular complexity index is 3200. The first-order chi connectivity index (χ1) is 37.0. The lowest BCUT2D eigenvalue weighted by atomic mass is 10.2. The molecule has 0 saturated carbocycles. The fourth-order valence-electron chi connectivity index (χ4n) is 8.40. The molecule has 0 fully saturated rings. The van der Waals surface area contributed by atoms with E-state index in [-0.39, 0.29) is 57.2 Å². The van der Waals surface area contributed by atoms with Crippen molar-refractivity contribution >= 4 is 81.4 Å². The molecule has 0 aliphatic rings. The molecular formula is C53H65N17O8. The van der Waals surface area contributed by atoms with Gasteiger partial charge < -0.3 is 79.7 Å². The number of nitrogens with one attached hydrogen (secondary N) is 8. The van der Waals surface area contributed by atoms with Gasteiger partial charge in [-0.15, -0.1) is 0 Å². The molecule has 410 valence electrons. The van der Waals surface area contributed by atoms with Crippen LogP contribution in [0, 0.1) is 0 Å². The topological polar surface area (TPSA) is 282 Å². The van der Waals surface area contributed by atoms with Crippen molar-refractivity contribution < 1.29 is 38.4 Å². The average Bonchev–Trinajstić information content (AvgIpc) is 4.25. The lowest BCUT2D eigenvalue weighted by Crippen LogP contribution is -2.28. The van der Waals surface area contributed by atoms with Crippen molar-refractivity contribution in [2.75, 3.05) is 86.3 Å². The van der Waals surface area contributed by atoms with Crippen LogP contribution < -0.4 is 42.5 Å². The minimum atomic E-state index is -0.660. The molecule has 0 aromatic carbocycles. The predicted molar refractivity (Wildman–Crippen MR) is 295 cm³/mol. The molecule has 0 atom stereocenters. The quantitative estimate of drug-likeness (QED) is 0.0450. The van der Waals surface area contributed by atoms with Crippen LogP contribution >= 0.6 is 0 Å². The van der Waals surface area contributed by atoms with Crippen molar-refractivity contribution in [1.82, 2.24) is 52.8 Å². The summed E-state index contributed by atoms with van der Waals surface area (Å²) in [5, 5.41) is 22.4. The fourth-order valence-corrected chi connectivity index (χ4v) is 8.40.